The SMILES string of the molecule is CC.CC.CC.CC.Cc1cc(C)c(OCCCC2OC2C)c(C)c1/C=N/O. The number of ether oxygens (including phenoxy) is 2. The van der Waals surface area contributed by atoms with Gasteiger partial charge in [0, 0.05) is 11.1 Å². The molecule has 28 heavy (non-hydrogen) atoms. The molecule has 1 aromatic rings. The summed E-state index contributed by atoms with van der Waals surface area (Å²) in [6.07, 6.45) is 4.36. The van der Waals surface area contributed by atoms with Crippen molar-refractivity contribution >= 4 is 6.21 Å². The van der Waals surface area contributed by atoms with E-state index in [9.17, 15) is 0 Å². The smallest absolute Gasteiger partial charge is 0.125 e. The minimum atomic E-state index is 0.421. The van der Waals surface area contributed by atoms with E-state index in [4.69, 9.17) is 14.7 Å². The molecule has 1 aliphatic rings. The molecule has 0 aliphatic carbocycles. The Morgan fingerprint density at radius 1 is 1.00 bits per heavy atom. The van der Waals surface area contributed by atoms with Gasteiger partial charge in [-0.05, 0) is 51.7 Å². The molecule has 0 saturated carbocycles. The van der Waals surface area contributed by atoms with Gasteiger partial charge in [-0.1, -0.05) is 66.6 Å². The van der Waals surface area contributed by atoms with Crippen molar-refractivity contribution in [3.63, 3.8) is 0 Å². The predicted molar refractivity (Wildman–Crippen MR) is 124 cm³/mol. The lowest BCUT2D eigenvalue weighted by atomic mass is 9.99. The maximum atomic E-state index is 8.75. The van der Waals surface area contributed by atoms with E-state index in [1.54, 1.807) is 0 Å². The molecule has 1 heterocycles. The van der Waals surface area contributed by atoms with E-state index in [0.29, 0.717) is 18.8 Å². The van der Waals surface area contributed by atoms with Gasteiger partial charge >= 0.3 is 0 Å². The van der Waals surface area contributed by atoms with E-state index in [-0.39, 0.29) is 0 Å². The summed E-state index contributed by atoms with van der Waals surface area (Å²) in [5, 5.41) is 11.9. The minimum Gasteiger partial charge on any atom is -0.493 e. The number of rotatable bonds is 6. The maximum Gasteiger partial charge on any atom is 0.125 e. The van der Waals surface area contributed by atoms with Gasteiger partial charge in [-0.25, -0.2) is 0 Å². The number of oxime groups is 1. The molecule has 2 atom stereocenters. The summed E-state index contributed by atoms with van der Waals surface area (Å²) >= 11 is 0. The van der Waals surface area contributed by atoms with Crippen molar-refractivity contribution in [1.29, 1.82) is 0 Å². The first-order valence-corrected chi connectivity index (χ1v) is 11.1. The van der Waals surface area contributed by atoms with Crippen LogP contribution in [0.3, 0.4) is 0 Å². The van der Waals surface area contributed by atoms with Crippen molar-refractivity contribution < 1.29 is 14.7 Å². The molecule has 0 radical (unpaired) electrons. The van der Waals surface area contributed by atoms with Gasteiger partial charge < -0.3 is 14.7 Å². The molecule has 1 N–H and O–H groups in total. The Labute approximate surface area is 175 Å². The van der Waals surface area contributed by atoms with Crippen molar-refractivity contribution in [2.75, 3.05) is 6.61 Å². The second-order valence-corrected chi connectivity index (χ2v) is 5.49. The molecular weight excluding hydrogens is 350 g/mol. The fourth-order valence-corrected chi connectivity index (χ4v) is 2.65. The van der Waals surface area contributed by atoms with Gasteiger partial charge in [-0.2, -0.15) is 0 Å². The fraction of sp³-hybridized carbons (Fsp3) is 0.708. The van der Waals surface area contributed by atoms with Crippen LogP contribution in [0, 0.1) is 20.8 Å². The normalized spacial score (nSPS) is 16.1. The summed E-state index contributed by atoms with van der Waals surface area (Å²) in [5.74, 6) is 0.898. The lowest BCUT2D eigenvalue weighted by molar-refractivity contribution is 0.289. The number of aryl methyl sites for hydroxylation is 2. The van der Waals surface area contributed by atoms with Crippen LogP contribution in [0.25, 0.3) is 0 Å². The quantitative estimate of drug-likeness (QED) is 0.178. The lowest BCUT2D eigenvalue weighted by Crippen LogP contribution is -2.05. The highest BCUT2D eigenvalue weighted by atomic mass is 16.6. The largest absolute Gasteiger partial charge is 0.493 e. The molecule has 0 amide bonds. The molecule has 1 aliphatic heterocycles. The van der Waals surface area contributed by atoms with Crippen LogP contribution < -0.4 is 4.74 Å². The van der Waals surface area contributed by atoms with Gasteiger partial charge in [0.2, 0.25) is 0 Å². The zero-order chi connectivity index (χ0) is 22.7. The zero-order valence-electron chi connectivity index (χ0n) is 20.6. The lowest BCUT2D eigenvalue weighted by Gasteiger charge is -2.15. The first-order valence-electron chi connectivity index (χ1n) is 11.1. The Hall–Kier alpha value is -1.55. The molecule has 0 spiro atoms. The molecule has 2 rings (SSSR count). The van der Waals surface area contributed by atoms with Crippen LogP contribution in [-0.2, 0) is 4.74 Å². The van der Waals surface area contributed by atoms with Gasteiger partial charge in [0.1, 0.15) is 5.75 Å². The van der Waals surface area contributed by atoms with Crippen molar-refractivity contribution in [1.82, 2.24) is 0 Å². The summed E-state index contributed by atoms with van der Waals surface area (Å²) in [5.41, 5.74) is 4.15. The van der Waals surface area contributed by atoms with Crippen LogP contribution >= 0.6 is 0 Å². The second-order valence-electron chi connectivity index (χ2n) is 5.49. The van der Waals surface area contributed by atoms with Crippen molar-refractivity contribution in [2.45, 2.75) is 108 Å². The Kier molecular flexibility index (Phi) is 22.5. The highest BCUT2D eigenvalue weighted by Gasteiger charge is 2.33. The van der Waals surface area contributed by atoms with Crippen LogP contribution in [-0.4, -0.2) is 30.2 Å². The third-order valence-corrected chi connectivity index (χ3v) is 3.86. The average molecular weight is 398 g/mol. The Morgan fingerprint density at radius 2 is 1.50 bits per heavy atom. The number of hydrogen-bond donors (Lipinski definition) is 1. The van der Waals surface area contributed by atoms with Crippen molar-refractivity contribution in [3.05, 3.63) is 28.3 Å². The standard InChI is InChI=1S/C16H23NO3.4C2H6/c1-10-8-11(2)16(12(3)14(10)9-17-18)19-7-5-6-15-13(4)20-15;4*1-2/h8-9,13,15,18H,5-7H2,1-4H3;4*1-2H3/b17-9+;;;;. The zero-order valence-corrected chi connectivity index (χ0v) is 20.6. The van der Waals surface area contributed by atoms with Gasteiger partial charge in [-0.3, -0.25) is 0 Å². The van der Waals surface area contributed by atoms with Gasteiger partial charge in [0.25, 0.3) is 0 Å². The highest BCUT2D eigenvalue weighted by Crippen LogP contribution is 2.29. The van der Waals surface area contributed by atoms with Crippen LogP contribution in [0.15, 0.2) is 11.2 Å². The molecule has 2 unspecified atom stereocenters. The third-order valence-electron chi connectivity index (χ3n) is 3.86. The van der Waals surface area contributed by atoms with E-state index < -0.39 is 0 Å². The first-order chi connectivity index (χ1) is 13.5. The Bertz CT molecular complexity index is 513. The number of epoxide rings is 1. The summed E-state index contributed by atoms with van der Waals surface area (Å²) in [4.78, 5) is 0. The molecule has 4 nitrogen and oxygen atoms in total. The second kappa shape index (κ2) is 20.2. The molecular formula is C24H47NO3. The molecule has 166 valence electrons. The van der Waals surface area contributed by atoms with Gasteiger partial charge in [0.15, 0.2) is 0 Å². The van der Waals surface area contributed by atoms with Crippen LogP contribution in [0.2, 0.25) is 0 Å². The topological polar surface area (TPSA) is 54.3 Å². The number of benzene rings is 1. The first kappa shape index (κ1) is 31.2. The monoisotopic (exact) mass is 397 g/mol. The van der Waals surface area contributed by atoms with E-state index in [2.05, 4.69) is 18.1 Å². The highest BCUT2D eigenvalue weighted by molar-refractivity contribution is 5.84. The maximum absolute atomic E-state index is 8.75. The van der Waals surface area contributed by atoms with Crippen molar-refractivity contribution in [2.24, 2.45) is 5.16 Å². The Balaban J connectivity index is -0.000000695. The van der Waals surface area contributed by atoms with Gasteiger partial charge in [0.05, 0.1) is 25.0 Å². The van der Waals surface area contributed by atoms with Crippen LogP contribution in [0.1, 0.15) is 97.4 Å². The molecule has 0 aromatic heterocycles. The summed E-state index contributed by atoms with van der Waals surface area (Å²) in [6, 6.07) is 2.06. The minimum absolute atomic E-state index is 0.421. The molecule has 4 heteroatoms. The van der Waals surface area contributed by atoms with E-state index >= 15 is 0 Å². The van der Waals surface area contributed by atoms with Crippen molar-refractivity contribution in [3.8, 4) is 5.75 Å². The van der Waals surface area contributed by atoms with Crippen LogP contribution in [0.5, 0.6) is 5.75 Å². The Morgan fingerprint density at radius 3 is 1.93 bits per heavy atom. The number of hydrogen-bond acceptors (Lipinski definition) is 4. The summed E-state index contributed by atoms with van der Waals surface area (Å²) in [6.45, 7) is 24.8. The van der Waals surface area contributed by atoms with E-state index in [1.807, 2.05) is 76.2 Å². The van der Waals surface area contributed by atoms with E-state index in [0.717, 1.165) is 40.8 Å². The molecule has 1 fully saturated rings. The molecule has 0 bridgehead atoms. The fourth-order valence-electron chi connectivity index (χ4n) is 2.65. The van der Waals surface area contributed by atoms with E-state index in [1.165, 1.54) is 6.21 Å². The average Bonchev–Trinajstić information content (AvgIpc) is 3.45. The summed E-state index contributed by atoms with van der Waals surface area (Å²) in [7, 11) is 0. The van der Waals surface area contributed by atoms with Crippen LogP contribution in [0.4, 0.5) is 0 Å². The molecule has 1 saturated heterocycles. The number of nitrogens with zero attached hydrogens (tertiary/aromatic N) is 1. The predicted octanol–water partition coefficient (Wildman–Crippen LogP) is 7.47. The summed E-state index contributed by atoms with van der Waals surface area (Å²) < 4.78 is 11.3. The molecule has 1 aromatic carbocycles. The third kappa shape index (κ3) is 11.3. The van der Waals surface area contributed by atoms with Gasteiger partial charge in [-0.15, -0.1) is 0 Å².